The molecule has 40 heavy (non-hydrogen) atoms. The minimum Gasteiger partial charge on any atom is -0.482 e. The fourth-order valence-electron chi connectivity index (χ4n) is 6.35. The van der Waals surface area contributed by atoms with Crippen molar-refractivity contribution in [2.24, 2.45) is 17.8 Å². The molecule has 0 heterocycles. The van der Waals surface area contributed by atoms with E-state index < -0.39 is 17.6 Å². The standard InChI is InChI=1S/C32H50N2O6/c1-6-8-9-12-25(40-31(38)34(5)32(3,4)30(37)33-18-7-2)17-16-22-14-15-24-20-27-23(19-26(22)24)11-10-13-28(27)39-21-29(35)36/h10-11,13,22,24-26H,6-9,12,14-21H2,1-5H3,(H,33,37)(H,35,36). The van der Waals surface area contributed by atoms with Crippen LogP contribution in [0, 0.1) is 17.8 Å². The van der Waals surface area contributed by atoms with E-state index in [-0.39, 0.29) is 18.6 Å². The van der Waals surface area contributed by atoms with Gasteiger partial charge < -0.3 is 19.9 Å². The SMILES string of the molecule is CCCCCC(CCC1CCC2Cc3c(cccc3OCC(=O)O)CC12)OC(=O)N(C)C(C)(C)C(=O)NCCC. The maximum atomic E-state index is 13.2. The molecule has 0 radical (unpaired) electrons. The maximum Gasteiger partial charge on any atom is 0.410 e. The quantitative estimate of drug-likeness (QED) is 0.256. The van der Waals surface area contributed by atoms with Gasteiger partial charge in [0.1, 0.15) is 17.4 Å². The molecule has 0 aromatic heterocycles. The Morgan fingerprint density at radius 1 is 1.10 bits per heavy atom. The van der Waals surface area contributed by atoms with Crippen molar-refractivity contribution in [1.82, 2.24) is 10.2 Å². The summed E-state index contributed by atoms with van der Waals surface area (Å²) >= 11 is 0. The summed E-state index contributed by atoms with van der Waals surface area (Å²) in [6.07, 6.45) is 10.4. The minimum absolute atomic E-state index is 0.165. The zero-order valence-electron chi connectivity index (χ0n) is 25.2. The highest BCUT2D eigenvalue weighted by Crippen LogP contribution is 2.48. The van der Waals surface area contributed by atoms with Crippen LogP contribution in [-0.2, 0) is 27.2 Å². The number of rotatable bonds is 15. The first-order valence-electron chi connectivity index (χ1n) is 15.3. The highest BCUT2D eigenvalue weighted by Gasteiger charge is 2.41. The summed E-state index contributed by atoms with van der Waals surface area (Å²) in [6.45, 7) is 7.94. The van der Waals surface area contributed by atoms with Gasteiger partial charge in [0.25, 0.3) is 0 Å². The Morgan fingerprint density at radius 3 is 2.58 bits per heavy atom. The highest BCUT2D eigenvalue weighted by atomic mass is 16.6. The lowest BCUT2D eigenvalue weighted by molar-refractivity contribution is -0.139. The number of nitrogens with zero attached hydrogens (tertiary/aromatic N) is 1. The summed E-state index contributed by atoms with van der Waals surface area (Å²) < 4.78 is 11.7. The van der Waals surface area contributed by atoms with Gasteiger partial charge in [-0.05, 0) is 107 Å². The summed E-state index contributed by atoms with van der Waals surface area (Å²) in [7, 11) is 1.65. The Balaban J connectivity index is 1.62. The number of nitrogens with one attached hydrogen (secondary N) is 1. The van der Waals surface area contributed by atoms with Crippen LogP contribution >= 0.6 is 0 Å². The Kier molecular flexibility index (Phi) is 11.7. The fourth-order valence-corrected chi connectivity index (χ4v) is 6.35. The fraction of sp³-hybridized carbons (Fsp3) is 0.719. The van der Waals surface area contributed by atoms with E-state index in [9.17, 15) is 14.4 Å². The number of hydrogen-bond acceptors (Lipinski definition) is 5. The lowest BCUT2D eigenvalue weighted by Crippen LogP contribution is -2.56. The predicted molar refractivity (Wildman–Crippen MR) is 155 cm³/mol. The molecule has 0 saturated heterocycles. The summed E-state index contributed by atoms with van der Waals surface area (Å²) in [4.78, 5) is 38.3. The maximum absolute atomic E-state index is 13.2. The minimum atomic E-state index is -0.999. The number of fused-ring (bicyclic) bond motifs is 2. The summed E-state index contributed by atoms with van der Waals surface area (Å²) in [6, 6.07) is 6.00. The van der Waals surface area contributed by atoms with Crippen molar-refractivity contribution in [3.63, 3.8) is 0 Å². The second-order valence-corrected chi connectivity index (χ2v) is 12.2. The second kappa shape index (κ2) is 14.7. The van der Waals surface area contributed by atoms with Crippen LogP contribution in [0.3, 0.4) is 0 Å². The molecule has 1 aromatic carbocycles. The van der Waals surface area contributed by atoms with Gasteiger partial charge in [-0.1, -0.05) is 38.8 Å². The third kappa shape index (κ3) is 8.14. The molecule has 1 aromatic rings. The molecule has 224 valence electrons. The number of carboxylic acid groups (broad SMARTS) is 1. The molecule has 0 aliphatic heterocycles. The molecule has 2 amide bonds. The van der Waals surface area contributed by atoms with E-state index in [1.54, 1.807) is 20.9 Å². The first-order chi connectivity index (χ1) is 19.1. The molecule has 3 rings (SSSR count). The van der Waals surface area contributed by atoms with Gasteiger partial charge in [-0.25, -0.2) is 9.59 Å². The van der Waals surface area contributed by atoms with Gasteiger partial charge >= 0.3 is 12.1 Å². The number of amides is 2. The molecule has 8 nitrogen and oxygen atoms in total. The van der Waals surface area contributed by atoms with E-state index in [2.05, 4.69) is 18.3 Å². The van der Waals surface area contributed by atoms with Crippen molar-refractivity contribution in [3.05, 3.63) is 29.3 Å². The van der Waals surface area contributed by atoms with Crippen LogP contribution in [0.15, 0.2) is 18.2 Å². The van der Waals surface area contributed by atoms with E-state index in [0.717, 1.165) is 70.6 Å². The molecule has 2 aliphatic carbocycles. The third-order valence-corrected chi connectivity index (χ3v) is 9.08. The molecule has 4 unspecified atom stereocenters. The first-order valence-corrected chi connectivity index (χ1v) is 15.3. The van der Waals surface area contributed by atoms with Crippen LogP contribution < -0.4 is 10.1 Å². The predicted octanol–water partition coefficient (Wildman–Crippen LogP) is 5.99. The first kappa shape index (κ1) is 31.8. The lowest BCUT2D eigenvalue weighted by atomic mass is 9.73. The van der Waals surface area contributed by atoms with E-state index in [4.69, 9.17) is 14.6 Å². The van der Waals surface area contributed by atoms with Crippen molar-refractivity contribution in [1.29, 1.82) is 0 Å². The Bertz CT molecular complexity index is 1010. The van der Waals surface area contributed by atoms with Crippen molar-refractivity contribution in [3.8, 4) is 5.75 Å². The van der Waals surface area contributed by atoms with E-state index >= 15 is 0 Å². The molecule has 4 atom stereocenters. The smallest absolute Gasteiger partial charge is 0.410 e. The number of hydrogen-bond donors (Lipinski definition) is 2. The number of likely N-dealkylation sites (N-methyl/N-ethyl adjacent to an activating group) is 1. The molecule has 1 fully saturated rings. The average Bonchev–Trinajstić information content (AvgIpc) is 3.33. The zero-order valence-corrected chi connectivity index (χ0v) is 25.2. The summed E-state index contributed by atoms with van der Waals surface area (Å²) in [5, 5.41) is 11.9. The number of carbonyl (C=O) groups is 3. The third-order valence-electron chi connectivity index (χ3n) is 9.08. The Labute approximate surface area is 240 Å². The molecule has 0 spiro atoms. The van der Waals surface area contributed by atoms with Gasteiger partial charge in [0.05, 0.1) is 0 Å². The second-order valence-electron chi connectivity index (χ2n) is 12.2. The lowest BCUT2D eigenvalue weighted by Gasteiger charge is -2.35. The summed E-state index contributed by atoms with van der Waals surface area (Å²) in [5.74, 6) is 1.29. The number of benzene rings is 1. The largest absolute Gasteiger partial charge is 0.482 e. The molecule has 2 aliphatic rings. The average molecular weight is 559 g/mol. The van der Waals surface area contributed by atoms with Gasteiger partial charge in [-0.3, -0.25) is 9.69 Å². The normalized spacial score (nSPS) is 20.7. The van der Waals surface area contributed by atoms with Crippen LogP contribution in [0.1, 0.15) is 96.6 Å². The molecule has 8 heteroatoms. The summed E-state index contributed by atoms with van der Waals surface area (Å²) in [5.41, 5.74) is 1.44. The van der Waals surface area contributed by atoms with Gasteiger partial charge in [-0.15, -0.1) is 0 Å². The Hall–Kier alpha value is -2.77. The van der Waals surface area contributed by atoms with Crippen LogP contribution in [0.25, 0.3) is 0 Å². The van der Waals surface area contributed by atoms with Gasteiger partial charge in [0, 0.05) is 13.6 Å². The van der Waals surface area contributed by atoms with Crippen molar-refractivity contribution < 1.29 is 29.0 Å². The van der Waals surface area contributed by atoms with Crippen LogP contribution in [0.4, 0.5) is 4.79 Å². The van der Waals surface area contributed by atoms with Gasteiger partial charge in [0.15, 0.2) is 6.61 Å². The Morgan fingerprint density at radius 2 is 1.88 bits per heavy atom. The number of carboxylic acids is 1. The highest BCUT2D eigenvalue weighted by molar-refractivity contribution is 5.89. The van der Waals surface area contributed by atoms with Crippen molar-refractivity contribution in [2.75, 3.05) is 20.2 Å². The number of unbranched alkanes of at least 4 members (excludes halogenated alkanes) is 2. The van der Waals surface area contributed by atoms with Gasteiger partial charge in [0.2, 0.25) is 5.91 Å². The van der Waals surface area contributed by atoms with Crippen LogP contribution in [0.5, 0.6) is 5.75 Å². The van der Waals surface area contributed by atoms with Crippen LogP contribution in [0.2, 0.25) is 0 Å². The van der Waals surface area contributed by atoms with Crippen LogP contribution in [-0.4, -0.2) is 59.8 Å². The molecule has 2 N–H and O–H groups in total. The monoisotopic (exact) mass is 558 g/mol. The van der Waals surface area contributed by atoms with E-state index in [1.165, 1.54) is 16.0 Å². The van der Waals surface area contributed by atoms with Crippen molar-refractivity contribution >= 4 is 18.0 Å². The topological polar surface area (TPSA) is 105 Å². The van der Waals surface area contributed by atoms with Crippen molar-refractivity contribution in [2.45, 2.75) is 110 Å². The number of carbonyl (C=O) groups excluding carboxylic acids is 2. The van der Waals surface area contributed by atoms with E-state index in [0.29, 0.717) is 30.0 Å². The molecular weight excluding hydrogens is 508 g/mol. The number of aliphatic carboxylic acids is 1. The molecular formula is C32H50N2O6. The molecule has 0 bridgehead atoms. The van der Waals surface area contributed by atoms with Gasteiger partial charge in [-0.2, -0.15) is 0 Å². The zero-order chi connectivity index (χ0) is 29.3. The molecule has 1 saturated carbocycles. The van der Waals surface area contributed by atoms with E-state index in [1.807, 2.05) is 19.1 Å². The number of ether oxygens (including phenoxy) is 2.